The highest BCUT2D eigenvalue weighted by Crippen LogP contribution is 2.23. The zero-order valence-corrected chi connectivity index (χ0v) is 14.1. The molecular weight excluding hydrogens is 288 g/mol. The van der Waals surface area contributed by atoms with E-state index < -0.39 is 0 Å². The van der Waals surface area contributed by atoms with Crippen LogP contribution in [-0.4, -0.2) is 18.7 Å². The van der Waals surface area contributed by atoms with E-state index in [1.54, 1.807) is 43.5 Å². The average molecular weight is 310 g/mol. The van der Waals surface area contributed by atoms with E-state index in [2.05, 4.69) is 20.8 Å². The van der Waals surface area contributed by atoms with Gasteiger partial charge in [0.25, 0.3) is 0 Å². The molecule has 0 amide bonds. The van der Waals surface area contributed by atoms with Crippen molar-refractivity contribution >= 4 is 11.6 Å². The molecule has 2 rings (SSSR count). The summed E-state index contributed by atoms with van der Waals surface area (Å²) in [5.74, 6) is 0.241. The number of carbonyl (C=O) groups excluding carboxylic acids is 2. The molecule has 0 heterocycles. The molecule has 0 aliphatic carbocycles. The van der Waals surface area contributed by atoms with Gasteiger partial charge in [0.2, 0.25) is 0 Å². The zero-order valence-electron chi connectivity index (χ0n) is 14.1. The lowest BCUT2D eigenvalue weighted by Crippen LogP contribution is -2.12. The normalized spacial score (nSPS) is 11.1. The molecule has 0 radical (unpaired) electrons. The van der Waals surface area contributed by atoms with Crippen molar-refractivity contribution in [3.8, 4) is 5.75 Å². The smallest absolute Gasteiger partial charge is 0.170 e. The third kappa shape index (κ3) is 4.28. The van der Waals surface area contributed by atoms with E-state index in [1.807, 2.05) is 12.1 Å². The number of carbonyl (C=O) groups is 2. The molecule has 0 N–H and O–H groups in total. The maximum absolute atomic E-state index is 12.3. The van der Waals surface area contributed by atoms with E-state index in [4.69, 9.17) is 4.74 Å². The molecule has 0 fully saturated rings. The molecule has 23 heavy (non-hydrogen) atoms. The van der Waals surface area contributed by atoms with Crippen molar-refractivity contribution in [2.24, 2.45) is 0 Å². The van der Waals surface area contributed by atoms with Gasteiger partial charge in [0, 0.05) is 11.1 Å². The Labute approximate surface area is 137 Å². The van der Waals surface area contributed by atoms with Gasteiger partial charge in [-0.2, -0.15) is 0 Å². The molecule has 0 unspecified atom stereocenters. The van der Waals surface area contributed by atoms with Crippen LogP contribution in [0.15, 0.2) is 48.5 Å². The number of hydrogen-bond acceptors (Lipinski definition) is 3. The van der Waals surface area contributed by atoms with Crippen LogP contribution in [0.1, 0.15) is 53.5 Å². The molecule has 3 heteroatoms. The summed E-state index contributed by atoms with van der Waals surface area (Å²) in [6, 6.07) is 14.3. The van der Waals surface area contributed by atoms with E-state index in [0.717, 1.165) is 5.56 Å². The van der Waals surface area contributed by atoms with Crippen molar-refractivity contribution in [3.05, 3.63) is 65.2 Å². The van der Waals surface area contributed by atoms with Crippen molar-refractivity contribution in [3.63, 3.8) is 0 Å². The fourth-order valence-corrected chi connectivity index (χ4v) is 2.30. The van der Waals surface area contributed by atoms with Crippen molar-refractivity contribution in [1.82, 2.24) is 0 Å². The molecule has 0 saturated heterocycles. The van der Waals surface area contributed by atoms with Gasteiger partial charge in [-0.15, -0.1) is 0 Å². The highest BCUT2D eigenvalue weighted by Gasteiger charge is 2.17. The molecule has 3 nitrogen and oxygen atoms in total. The van der Waals surface area contributed by atoms with Gasteiger partial charge in [-0.05, 0) is 23.1 Å². The number of ketones is 2. The van der Waals surface area contributed by atoms with Gasteiger partial charge in [-0.25, -0.2) is 0 Å². The Balaban J connectivity index is 2.10. The minimum atomic E-state index is -0.200. The van der Waals surface area contributed by atoms with Crippen molar-refractivity contribution < 1.29 is 14.3 Å². The first-order chi connectivity index (χ1) is 10.8. The standard InChI is InChI=1S/C20H22O3/c1-20(2,3)16-10-8-14(9-11-16)18(21)13-19(22)15-6-5-7-17(12-15)23-4/h5-12H,13H2,1-4H3. The Bertz CT molecular complexity index is 706. The second-order valence-electron chi connectivity index (χ2n) is 6.58. The molecule has 0 aliphatic heterocycles. The van der Waals surface area contributed by atoms with E-state index >= 15 is 0 Å². The highest BCUT2D eigenvalue weighted by atomic mass is 16.5. The first kappa shape index (κ1) is 16.9. The molecule has 0 saturated carbocycles. The van der Waals surface area contributed by atoms with Crippen molar-refractivity contribution in [2.75, 3.05) is 7.11 Å². The van der Waals surface area contributed by atoms with Crippen LogP contribution in [0.4, 0.5) is 0 Å². The number of methoxy groups -OCH3 is 1. The van der Waals surface area contributed by atoms with Crippen LogP contribution in [0.5, 0.6) is 5.75 Å². The molecule has 0 spiro atoms. The van der Waals surface area contributed by atoms with E-state index in [0.29, 0.717) is 16.9 Å². The third-order valence-electron chi connectivity index (χ3n) is 3.79. The average Bonchev–Trinajstić information content (AvgIpc) is 2.54. The first-order valence-corrected chi connectivity index (χ1v) is 7.62. The Morgan fingerprint density at radius 3 is 2.09 bits per heavy atom. The lowest BCUT2D eigenvalue weighted by Gasteiger charge is -2.18. The Hall–Kier alpha value is -2.42. The fraction of sp³-hybridized carbons (Fsp3) is 0.300. The van der Waals surface area contributed by atoms with Gasteiger partial charge in [0.1, 0.15) is 5.75 Å². The molecule has 0 atom stereocenters. The predicted octanol–water partition coefficient (Wildman–Crippen LogP) is 4.45. The minimum Gasteiger partial charge on any atom is -0.497 e. The summed E-state index contributed by atoms with van der Waals surface area (Å²) in [5.41, 5.74) is 2.25. The lowest BCUT2D eigenvalue weighted by molar-refractivity contribution is 0.0894. The summed E-state index contributed by atoms with van der Waals surface area (Å²) < 4.78 is 5.10. The lowest BCUT2D eigenvalue weighted by atomic mass is 9.86. The van der Waals surface area contributed by atoms with Gasteiger partial charge in [0.05, 0.1) is 13.5 Å². The van der Waals surface area contributed by atoms with Crippen LogP contribution in [0.25, 0.3) is 0 Å². The van der Waals surface area contributed by atoms with Crippen LogP contribution in [0.3, 0.4) is 0 Å². The molecular formula is C20H22O3. The van der Waals surface area contributed by atoms with Crippen molar-refractivity contribution in [2.45, 2.75) is 32.6 Å². The van der Waals surface area contributed by atoms with Crippen LogP contribution >= 0.6 is 0 Å². The van der Waals surface area contributed by atoms with Crippen LogP contribution in [-0.2, 0) is 5.41 Å². The summed E-state index contributed by atoms with van der Waals surface area (Å²) in [5, 5.41) is 0. The van der Waals surface area contributed by atoms with Gasteiger partial charge >= 0.3 is 0 Å². The topological polar surface area (TPSA) is 43.4 Å². The SMILES string of the molecule is COc1cccc(C(=O)CC(=O)c2ccc(C(C)(C)C)cc2)c1. The number of rotatable bonds is 5. The molecule has 0 bridgehead atoms. The van der Waals surface area contributed by atoms with Gasteiger partial charge in [-0.1, -0.05) is 57.2 Å². The fourth-order valence-electron chi connectivity index (χ4n) is 2.30. The monoisotopic (exact) mass is 310 g/mol. The Morgan fingerprint density at radius 1 is 0.913 bits per heavy atom. The molecule has 0 aromatic heterocycles. The van der Waals surface area contributed by atoms with Gasteiger partial charge in [-0.3, -0.25) is 9.59 Å². The minimum absolute atomic E-state index is 0.0397. The van der Waals surface area contributed by atoms with Gasteiger partial charge < -0.3 is 4.74 Å². The van der Waals surface area contributed by atoms with Gasteiger partial charge in [0.15, 0.2) is 11.6 Å². The Kier molecular flexibility index (Phi) is 4.99. The highest BCUT2D eigenvalue weighted by molar-refractivity contribution is 6.13. The maximum atomic E-state index is 12.3. The van der Waals surface area contributed by atoms with Crippen LogP contribution in [0.2, 0.25) is 0 Å². The van der Waals surface area contributed by atoms with E-state index in [9.17, 15) is 9.59 Å². The maximum Gasteiger partial charge on any atom is 0.170 e. The largest absolute Gasteiger partial charge is 0.497 e. The first-order valence-electron chi connectivity index (χ1n) is 7.62. The molecule has 2 aromatic rings. The molecule has 0 aliphatic rings. The predicted molar refractivity (Wildman–Crippen MR) is 91.4 cm³/mol. The molecule has 2 aromatic carbocycles. The number of Topliss-reactive ketones (excluding diaryl/α,β-unsaturated/α-hetero) is 2. The van der Waals surface area contributed by atoms with Crippen LogP contribution in [0, 0.1) is 0 Å². The van der Waals surface area contributed by atoms with Crippen LogP contribution < -0.4 is 4.74 Å². The summed E-state index contributed by atoms with van der Waals surface area (Å²) in [4.78, 5) is 24.5. The quantitative estimate of drug-likeness (QED) is 0.605. The summed E-state index contributed by atoms with van der Waals surface area (Å²) in [6.07, 6.45) is -0.137. The third-order valence-corrected chi connectivity index (χ3v) is 3.79. The summed E-state index contributed by atoms with van der Waals surface area (Å²) in [7, 11) is 1.55. The van der Waals surface area contributed by atoms with E-state index in [1.165, 1.54) is 0 Å². The number of ether oxygens (including phenoxy) is 1. The van der Waals surface area contributed by atoms with Crippen molar-refractivity contribution in [1.29, 1.82) is 0 Å². The number of benzene rings is 2. The zero-order chi connectivity index (χ0) is 17.0. The number of hydrogen-bond donors (Lipinski definition) is 0. The Morgan fingerprint density at radius 2 is 1.52 bits per heavy atom. The van der Waals surface area contributed by atoms with E-state index in [-0.39, 0.29) is 23.4 Å². The molecule has 120 valence electrons. The summed E-state index contributed by atoms with van der Waals surface area (Å²) in [6.45, 7) is 6.36. The second-order valence-corrected chi connectivity index (χ2v) is 6.58. The summed E-state index contributed by atoms with van der Waals surface area (Å²) >= 11 is 0. The second kappa shape index (κ2) is 6.78.